The molecule has 2 unspecified atom stereocenters. The quantitative estimate of drug-likeness (QED) is 0.267. The number of nitrogens with one attached hydrogen (secondary N) is 1. The molecule has 5 aliphatic rings. The fraction of sp³-hybridized carbons (Fsp3) is 0.474. The molecule has 0 spiro atoms. The van der Waals surface area contributed by atoms with Crippen LogP contribution in [-0.4, -0.2) is 84.6 Å². The van der Waals surface area contributed by atoms with Gasteiger partial charge in [-0.3, -0.25) is 0 Å². The highest BCUT2D eigenvalue weighted by Gasteiger charge is 2.48. The third kappa shape index (κ3) is 5.09. The van der Waals surface area contributed by atoms with Crippen LogP contribution >= 0.6 is 0 Å². The van der Waals surface area contributed by atoms with Crippen molar-refractivity contribution >= 4 is 27.5 Å². The number of phenols is 1. The van der Waals surface area contributed by atoms with Crippen LogP contribution in [0.25, 0.3) is 32.8 Å². The second kappa shape index (κ2) is 11.0. The molecule has 9 rings (SSSR count). The Bertz CT molecular complexity index is 1930. The molecule has 0 amide bonds. The minimum absolute atomic E-state index is 0.0476. The number of fused-ring (bicyclic) bond motifs is 5. The van der Waals surface area contributed by atoms with Gasteiger partial charge < -0.3 is 29.7 Å². The number of likely N-dealkylation sites (tertiary alicyclic amines) is 1. The number of terminal acetylenes is 1. The number of hydrogen-bond acceptors (Lipinski definition) is 8. The van der Waals surface area contributed by atoms with Crippen molar-refractivity contribution in [2.45, 2.75) is 44.7 Å². The van der Waals surface area contributed by atoms with Gasteiger partial charge in [-0.15, -0.1) is 6.42 Å². The van der Waals surface area contributed by atoms with Crippen molar-refractivity contribution in [2.75, 3.05) is 57.4 Å². The molecule has 4 saturated heterocycles. The Morgan fingerprint density at radius 3 is 2.53 bits per heavy atom. The fourth-order valence-corrected chi connectivity index (χ4v) is 8.69. The summed E-state index contributed by atoms with van der Waals surface area (Å²) in [6.45, 7) is 9.00. The summed E-state index contributed by atoms with van der Waals surface area (Å²) in [4.78, 5) is 14.6. The smallest absolute Gasteiger partial charge is 0.319 e. The van der Waals surface area contributed by atoms with Crippen LogP contribution in [0.1, 0.15) is 36.8 Å². The molecule has 8 nitrogen and oxygen atoms in total. The van der Waals surface area contributed by atoms with Crippen molar-refractivity contribution in [3.05, 3.63) is 53.3 Å². The first kappa shape index (κ1) is 29.2. The topological polar surface area (TPSA) is 83.0 Å². The number of benzene rings is 3. The zero-order valence-corrected chi connectivity index (χ0v) is 26.8. The van der Waals surface area contributed by atoms with E-state index in [0.717, 1.165) is 88.0 Å². The van der Waals surface area contributed by atoms with Crippen molar-refractivity contribution in [3.63, 3.8) is 0 Å². The molecule has 2 N–H and O–H groups in total. The Kier molecular flexibility index (Phi) is 6.86. The fourth-order valence-electron chi connectivity index (χ4n) is 8.69. The second-order valence-corrected chi connectivity index (χ2v) is 14.7. The van der Waals surface area contributed by atoms with Crippen LogP contribution in [-0.2, 0) is 4.74 Å². The summed E-state index contributed by atoms with van der Waals surface area (Å²) < 4.78 is 29.1. The number of halogens is 1. The van der Waals surface area contributed by atoms with Crippen LogP contribution in [0, 0.1) is 42.3 Å². The van der Waals surface area contributed by atoms with Gasteiger partial charge in [-0.25, -0.2) is 4.39 Å². The number of anilines is 1. The average Bonchev–Trinajstić information content (AvgIpc) is 3.30. The number of aromatic nitrogens is 2. The number of phenolic OH excluding ortho intramolecular Hbond substituents is 1. The van der Waals surface area contributed by atoms with E-state index in [1.165, 1.54) is 0 Å². The lowest BCUT2D eigenvalue weighted by Crippen LogP contribution is -2.51. The van der Waals surface area contributed by atoms with Gasteiger partial charge in [-0.05, 0) is 67.3 Å². The molecular weight excluding hydrogens is 593 g/mol. The molecule has 2 bridgehead atoms. The lowest BCUT2D eigenvalue weighted by molar-refractivity contribution is 0.131. The zero-order valence-electron chi connectivity index (χ0n) is 26.8. The minimum atomic E-state index is -0.475. The Labute approximate surface area is 274 Å². The molecule has 4 aromatic rings. The van der Waals surface area contributed by atoms with E-state index >= 15 is 4.39 Å². The number of aromatic hydroxyl groups is 1. The van der Waals surface area contributed by atoms with Crippen LogP contribution in [0.15, 0.2) is 36.4 Å². The van der Waals surface area contributed by atoms with Gasteiger partial charge >= 0.3 is 6.01 Å². The van der Waals surface area contributed by atoms with Crippen LogP contribution in [0.5, 0.6) is 11.8 Å². The summed E-state index contributed by atoms with van der Waals surface area (Å²) in [6.07, 6.45) is 10.4. The van der Waals surface area contributed by atoms with E-state index in [4.69, 9.17) is 25.9 Å². The number of rotatable bonds is 7. The Morgan fingerprint density at radius 2 is 1.81 bits per heavy atom. The number of piperazine rings is 1. The molecule has 1 saturated carbocycles. The van der Waals surface area contributed by atoms with Crippen LogP contribution < -0.4 is 15.0 Å². The normalized spacial score (nSPS) is 26.2. The second-order valence-electron chi connectivity index (χ2n) is 14.7. The highest BCUT2D eigenvalue weighted by atomic mass is 19.1. The van der Waals surface area contributed by atoms with Gasteiger partial charge in [0.1, 0.15) is 17.1 Å². The maximum absolute atomic E-state index is 17.0. The lowest BCUT2D eigenvalue weighted by Gasteiger charge is -2.34. The van der Waals surface area contributed by atoms with Gasteiger partial charge in [-0.2, -0.15) is 9.97 Å². The minimum Gasteiger partial charge on any atom is -0.508 e. The van der Waals surface area contributed by atoms with Gasteiger partial charge in [0.25, 0.3) is 0 Å². The number of aryl methyl sites for hydroxylation is 1. The van der Waals surface area contributed by atoms with Crippen LogP contribution in [0.4, 0.5) is 10.2 Å². The predicted molar refractivity (Wildman–Crippen MR) is 180 cm³/mol. The summed E-state index contributed by atoms with van der Waals surface area (Å²) in [5.74, 6) is 4.38. The molecule has 1 aromatic heterocycles. The summed E-state index contributed by atoms with van der Waals surface area (Å²) >= 11 is 0. The third-order valence-corrected chi connectivity index (χ3v) is 11.4. The lowest BCUT2D eigenvalue weighted by atomic mass is 9.91. The predicted octanol–water partition coefficient (Wildman–Crippen LogP) is 5.26. The number of nitrogens with zero attached hydrogens (tertiary/aromatic N) is 4. The van der Waals surface area contributed by atoms with Gasteiger partial charge in [-0.1, -0.05) is 24.1 Å². The first-order valence-electron chi connectivity index (χ1n) is 17.0. The van der Waals surface area contributed by atoms with E-state index in [9.17, 15) is 5.11 Å². The van der Waals surface area contributed by atoms with Crippen molar-refractivity contribution in [2.24, 2.45) is 17.3 Å². The number of ether oxygens (including phenoxy) is 2. The van der Waals surface area contributed by atoms with E-state index < -0.39 is 5.82 Å². The summed E-state index contributed by atoms with van der Waals surface area (Å²) in [7, 11) is 0. The van der Waals surface area contributed by atoms with Gasteiger partial charge in [0.2, 0.25) is 0 Å². The first-order valence-corrected chi connectivity index (χ1v) is 17.0. The molecule has 4 aliphatic heterocycles. The summed E-state index contributed by atoms with van der Waals surface area (Å²) in [5.41, 5.74) is 2.77. The molecule has 3 aromatic carbocycles. The summed E-state index contributed by atoms with van der Waals surface area (Å²) in [6, 6.07) is 11.8. The van der Waals surface area contributed by atoms with E-state index in [1.807, 2.05) is 25.1 Å². The maximum atomic E-state index is 17.0. The van der Waals surface area contributed by atoms with Crippen molar-refractivity contribution in [1.82, 2.24) is 20.2 Å². The number of hydrogen-bond donors (Lipinski definition) is 2. The molecule has 9 heteroatoms. The largest absolute Gasteiger partial charge is 0.508 e. The third-order valence-electron chi connectivity index (χ3n) is 11.4. The molecule has 242 valence electrons. The molecule has 0 radical (unpaired) electrons. The molecule has 5 fully saturated rings. The molecule has 5 heterocycles. The first-order chi connectivity index (χ1) is 22.9. The average molecular weight is 634 g/mol. The van der Waals surface area contributed by atoms with E-state index in [-0.39, 0.29) is 22.7 Å². The highest BCUT2D eigenvalue weighted by molar-refractivity contribution is 6.04. The standard InChI is InChI=1S/C38H40FN5O3/c1-3-29-22(2)4-5-23-12-28(45)13-32(33(23)29)30-8-9-31-35(34(30)39)41-37(42-36(31)44-16-26-6-7-27(17-44)40-26)47-21-38(10-11-38)20-43-14-24-18-46-19-25(24)15-43/h1,4-5,8-9,12-13,24-27,40,45H,6-7,10-11,14-21H2,2H3/t24-,25+,26?,27?. The zero-order chi connectivity index (χ0) is 31.9. The maximum Gasteiger partial charge on any atom is 0.319 e. The van der Waals surface area contributed by atoms with Gasteiger partial charge in [0, 0.05) is 84.0 Å². The van der Waals surface area contributed by atoms with Gasteiger partial charge in [0.15, 0.2) is 5.82 Å². The molecule has 47 heavy (non-hydrogen) atoms. The van der Waals surface area contributed by atoms with Gasteiger partial charge in [0.05, 0.1) is 19.8 Å². The van der Waals surface area contributed by atoms with Crippen LogP contribution in [0.2, 0.25) is 0 Å². The SMILES string of the molecule is C#Cc1c(C)ccc2cc(O)cc(-c3ccc4c(N5CC6CCC(C5)N6)nc(OCC5(CN6C[C@H]7COC[C@H]7C6)CC5)nc4c3F)c12. The van der Waals surface area contributed by atoms with Crippen LogP contribution in [0.3, 0.4) is 0 Å². The Balaban J connectivity index is 1.11. The van der Waals surface area contributed by atoms with Crippen molar-refractivity contribution in [1.29, 1.82) is 0 Å². The van der Waals surface area contributed by atoms with E-state index in [1.54, 1.807) is 18.2 Å². The Morgan fingerprint density at radius 1 is 1.04 bits per heavy atom. The highest BCUT2D eigenvalue weighted by Crippen LogP contribution is 2.48. The van der Waals surface area contributed by atoms with Crippen molar-refractivity contribution < 1.29 is 19.0 Å². The molecule has 1 aliphatic carbocycles. The Hall–Kier alpha value is -3.97. The summed E-state index contributed by atoms with van der Waals surface area (Å²) in [5, 5.41) is 16.5. The molecular formula is C38H40FN5O3. The molecule has 4 atom stereocenters. The monoisotopic (exact) mass is 633 g/mol. The van der Waals surface area contributed by atoms with Crippen molar-refractivity contribution in [3.8, 4) is 35.2 Å². The van der Waals surface area contributed by atoms with E-state index in [2.05, 4.69) is 21.0 Å². The van der Waals surface area contributed by atoms with E-state index in [0.29, 0.717) is 58.4 Å².